The van der Waals surface area contributed by atoms with Gasteiger partial charge >= 0.3 is 0 Å². The summed E-state index contributed by atoms with van der Waals surface area (Å²) in [7, 11) is 0. The molecule has 2 heteroatoms. The van der Waals surface area contributed by atoms with Crippen LogP contribution in [-0.4, -0.2) is 4.98 Å². The van der Waals surface area contributed by atoms with Crippen LogP contribution in [0, 0.1) is 6.92 Å². The van der Waals surface area contributed by atoms with Crippen LogP contribution in [0.5, 0.6) is 0 Å². The Morgan fingerprint density at radius 3 is 2.50 bits per heavy atom. The fourth-order valence-corrected chi connectivity index (χ4v) is 2.29. The van der Waals surface area contributed by atoms with E-state index in [0.29, 0.717) is 0 Å². The van der Waals surface area contributed by atoms with Crippen molar-refractivity contribution in [2.75, 3.05) is 0 Å². The molecule has 0 aliphatic heterocycles. The second-order valence-electron chi connectivity index (χ2n) is 4.41. The number of nitrogens with one attached hydrogen (secondary N) is 1. The van der Waals surface area contributed by atoms with Crippen molar-refractivity contribution in [1.82, 2.24) is 4.98 Å². The summed E-state index contributed by atoms with van der Waals surface area (Å²) in [5, 5.41) is 2.39. The number of aromatic nitrogens is 1. The monoisotopic (exact) mass is 235 g/mol. The number of aromatic amines is 1. The smallest absolute Gasteiger partial charge is 0.182 e. The van der Waals surface area contributed by atoms with E-state index < -0.39 is 0 Å². The summed E-state index contributed by atoms with van der Waals surface area (Å²) < 4.78 is 0. The largest absolute Gasteiger partial charge is 0.361 e. The van der Waals surface area contributed by atoms with Crippen LogP contribution in [0.3, 0.4) is 0 Å². The standard InChI is InChI=1S/C16H13NO/c1-11-6-7-15(14-5-3-2-4-13(11)14)16-10-12(18)8-9-17-16/h2-10H,1H3,(H,17,18). The summed E-state index contributed by atoms with van der Waals surface area (Å²) in [4.78, 5) is 14.6. The maximum absolute atomic E-state index is 11.4. The highest BCUT2D eigenvalue weighted by Gasteiger charge is 2.05. The van der Waals surface area contributed by atoms with Gasteiger partial charge in [-0.25, -0.2) is 0 Å². The molecule has 0 atom stereocenters. The average molecular weight is 235 g/mol. The van der Waals surface area contributed by atoms with E-state index in [1.54, 1.807) is 12.3 Å². The summed E-state index contributed by atoms with van der Waals surface area (Å²) in [6, 6.07) is 15.6. The molecule has 0 spiro atoms. The van der Waals surface area contributed by atoms with E-state index in [-0.39, 0.29) is 5.43 Å². The molecule has 0 saturated carbocycles. The summed E-state index contributed by atoms with van der Waals surface area (Å²) in [5.41, 5.74) is 3.19. The van der Waals surface area contributed by atoms with Gasteiger partial charge in [0, 0.05) is 29.6 Å². The maximum atomic E-state index is 11.4. The van der Waals surface area contributed by atoms with Crippen LogP contribution in [-0.2, 0) is 0 Å². The molecule has 0 fully saturated rings. The van der Waals surface area contributed by atoms with Crippen LogP contribution in [0.1, 0.15) is 5.56 Å². The average Bonchev–Trinajstić information content (AvgIpc) is 2.39. The molecule has 0 bridgehead atoms. The molecule has 3 rings (SSSR count). The highest BCUT2D eigenvalue weighted by Crippen LogP contribution is 2.28. The van der Waals surface area contributed by atoms with Crippen LogP contribution >= 0.6 is 0 Å². The molecular weight excluding hydrogens is 222 g/mol. The van der Waals surface area contributed by atoms with Gasteiger partial charge in [-0.3, -0.25) is 4.79 Å². The zero-order valence-electron chi connectivity index (χ0n) is 10.1. The van der Waals surface area contributed by atoms with Crippen molar-refractivity contribution >= 4 is 10.8 Å². The first-order valence-electron chi connectivity index (χ1n) is 5.93. The van der Waals surface area contributed by atoms with Crippen molar-refractivity contribution in [2.45, 2.75) is 6.92 Å². The van der Waals surface area contributed by atoms with Crippen LogP contribution < -0.4 is 5.43 Å². The Labute approximate surface area is 105 Å². The molecule has 3 aromatic rings. The predicted molar refractivity (Wildman–Crippen MR) is 74.7 cm³/mol. The second kappa shape index (κ2) is 4.15. The van der Waals surface area contributed by atoms with Crippen molar-refractivity contribution in [2.24, 2.45) is 0 Å². The quantitative estimate of drug-likeness (QED) is 0.688. The van der Waals surface area contributed by atoms with Gasteiger partial charge < -0.3 is 4.98 Å². The normalized spacial score (nSPS) is 10.7. The number of aryl methyl sites for hydroxylation is 1. The second-order valence-corrected chi connectivity index (χ2v) is 4.41. The minimum absolute atomic E-state index is 0.0217. The highest BCUT2D eigenvalue weighted by molar-refractivity contribution is 5.97. The number of hydrogen-bond donors (Lipinski definition) is 1. The lowest BCUT2D eigenvalue weighted by Gasteiger charge is -2.08. The van der Waals surface area contributed by atoms with Crippen LogP contribution in [0.4, 0.5) is 0 Å². The molecule has 0 amide bonds. The van der Waals surface area contributed by atoms with Gasteiger partial charge in [0.05, 0.1) is 0 Å². The van der Waals surface area contributed by atoms with E-state index in [0.717, 1.165) is 11.3 Å². The number of benzene rings is 2. The van der Waals surface area contributed by atoms with Gasteiger partial charge in [0.15, 0.2) is 5.43 Å². The third-order valence-corrected chi connectivity index (χ3v) is 3.21. The van der Waals surface area contributed by atoms with Gasteiger partial charge in [0.1, 0.15) is 0 Å². The van der Waals surface area contributed by atoms with Gasteiger partial charge in [-0.05, 0) is 23.3 Å². The highest BCUT2D eigenvalue weighted by atomic mass is 16.1. The molecule has 2 nitrogen and oxygen atoms in total. The molecule has 1 heterocycles. The van der Waals surface area contributed by atoms with Crippen LogP contribution in [0.2, 0.25) is 0 Å². The minimum atomic E-state index is 0.0217. The molecule has 18 heavy (non-hydrogen) atoms. The van der Waals surface area contributed by atoms with Crippen molar-refractivity contribution in [3.63, 3.8) is 0 Å². The van der Waals surface area contributed by atoms with Crippen molar-refractivity contribution < 1.29 is 0 Å². The Morgan fingerprint density at radius 1 is 0.944 bits per heavy atom. The van der Waals surface area contributed by atoms with E-state index in [1.165, 1.54) is 22.4 Å². The Bertz CT molecular complexity index is 771. The van der Waals surface area contributed by atoms with Crippen molar-refractivity contribution in [3.8, 4) is 11.3 Å². The summed E-state index contributed by atoms with van der Waals surface area (Å²) >= 11 is 0. The van der Waals surface area contributed by atoms with Gasteiger partial charge in [-0.1, -0.05) is 36.4 Å². The number of rotatable bonds is 1. The molecule has 0 aliphatic carbocycles. The number of hydrogen-bond acceptors (Lipinski definition) is 1. The summed E-state index contributed by atoms with van der Waals surface area (Å²) in [5.74, 6) is 0. The first kappa shape index (κ1) is 10.8. The lowest BCUT2D eigenvalue weighted by atomic mass is 9.98. The van der Waals surface area contributed by atoms with Crippen LogP contribution in [0.25, 0.3) is 22.0 Å². The zero-order chi connectivity index (χ0) is 12.5. The topological polar surface area (TPSA) is 32.9 Å². The van der Waals surface area contributed by atoms with Gasteiger partial charge in [0.25, 0.3) is 0 Å². The third kappa shape index (κ3) is 1.72. The lowest BCUT2D eigenvalue weighted by molar-refractivity contribution is 1.31. The molecule has 2 aromatic carbocycles. The van der Waals surface area contributed by atoms with Crippen molar-refractivity contribution in [1.29, 1.82) is 0 Å². The molecule has 0 unspecified atom stereocenters. The predicted octanol–water partition coefficient (Wildman–Crippen LogP) is 3.50. The third-order valence-electron chi connectivity index (χ3n) is 3.21. The van der Waals surface area contributed by atoms with Gasteiger partial charge in [0.2, 0.25) is 0 Å². The van der Waals surface area contributed by atoms with Gasteiger partial charge in [-0.15, -0.1) is 0 Å². The van der Waals surface area contributed by atoms with E-state index in [2.05, 4.69) is 36.2 Å². The van der Waals surface area contributed by atoms with Crippen molar-refractivity contribution in [3.05, 3.63) is 70.5 Å². The SMILES string of the molecule is Cc1ccc(-c2cc(=O)cc[nH]2)c2ccccc12. The molecule has 0 radical (unpaired) electrons. The Morgan fingerprint density at radius 2 is 1.72 bits per heavy atom. The fraction of sp³-hybridized carbons (Fsp3) is 0.0625. The molecular formula is C16H13NO. The van der Waals surface area contributed by atoms with Crippen LogP contribution in [0.15, 0.2) is 59.5 Å². The Balaban J connectivity index is 2.37. The number of pyridine rings is 1. The molecule has 0 aliphatic rings. The maximum Gasteiger partial charge on any atom is 0.182 e. The molecule has 1 N–H and O–H groups in total. The minimum Gasteiger partial charge on any atom is -0.361 e. The Hall–Kier alpha value is -2.35. The molecule has 1 aromatic heterocycles. The van der Waals surface area contributed by atoms with Gasteiger partial charge in [-0.2, -0.15) is 0 Å². The Kier molecular flexibility index (Phi) is 2.49. The molecule has 88 valence electrons. The summed E-state index contributed by atoms with van der Waals surface area (Å²) in [6.07, 6.45) is 1.69. The first-order chi connectivity index (χ1) is 8.75. The number of H-pyrrole nitrogens is 1. The summed E-state index contributed by atoms with van der Waals surface area (Å²) in [6.45, 7) is 2.10. The first-order valence-corrected chi connectivity index (χ1v) is 5.93. The van der Waals surface area contributed by atoms with E-state index in [4.69, 9.17) is 0 Å². The zero-order valence-corrected chi connectivity index (χ0v) is 10.1. The number of fused-ring (bicyclic) bond motifs is 1. The van der Waals surface area contributed by atoms with E-state index in [9.17, 15) is 4.79 Å². The lowest BCUT2D eigenvalue weighted by Crippen LogP contribution is -1.98. The van der Waals surface area contributed by atoms with E-state index in [1.807, 2.05) is 12.1 Å². The fourth-order valence-electron chi connectivity index (χ4n) is 2.29. The molecule has 0 saturated heterocycles. The van der Waals surface area contributed by atoms with E-state index >= 15 is 0 Å².